The van der Waals surface area contributed by atoms with E-state index in [9.17, 15) is 14.7 Å². The van der Waals surface area contributed by atoms with Crippen molar-refractivity contribution < 1.29 is 19.8 Å². The number of carboxylic acids is 1. The molecule has 1 rings (SSSR count). The Balaban J connectivity index is 2.62. The lowest BCUT2D eigenvalue weighted by Crippen LogP contribution is -2.32. The third kappa shape index (κ3) is 4.46. The van der Waals surface area contributed by atoms with Gasteiger partial charge in [-0.15, -0.1) is 0 Å². The molecule has 0 heterocycles. The highest BCUT2D eigenvalue weighted by atomic mass is 16.4. The Morgan fingerprint density at radius 1 is 1.25 bits per heavy atom. The number of carbonyl (C=O) groups is 2. The Bertz CT molecular complexity index is 484. The summed E-state index contributed by atoms with van der Waals surface area (Å²) in [5.41, 5.74) is 0.0741. The molecule has 110 valence electrons. The molecule has 0 saturated carbocycles. The number of hydrogen-bond acceptors (Lipinski definition) is 3. The molecule has 0 bridgehead atoms. The SMILES string of the molecule is CCC(CC)CNC(=O)Nc1ccc(O)c(C(=O)O)c1. The van der Waals surface area contributed by atoms with Crippen LogP contribution in [0.2, 0.25) is 0 Å². The summed E-state index contributed by atoms with van der Waals surface area (Å²) in [7, 11) is 0. The van der Waals surface area contributed by atoms with E-state index in [-0.39, 0.29) is 17.3 Å². The maximum atomic E-state index is 11.7. The summed E-state index contributed by atoms with van der Waals surface area (Å²) >= 11 is 0. The number of nitrogens with one attached hydrogen (secondary N) is 2. The van der Waals surface area contributed by atoms with Crippen LogP contribution in [0.15, 0.2) is 18.2 Å². The number of rotatable bonds is 6. The van der Waals surface area contributed by atoms with E-state index >= 15 is 0 Å². The zero-order valence-corrected chi connectivity index (χ0v) is 11.6. The van der Waals surface area contributed by atoms with Crippen LogP contribution in [0.25, 0.3) is 0 Å². The zero-order chi connectivity index (χ0) is 15.1. The van der Waals surface area contributed by atoms with E-state index < -0.39 is 5.97 Å². The minimum Gasteiger partial charge on any atom is -0.507 e. The molecule has 1 aromatic carbocycles. The molecule has 0 spiro atoms. The second kappa shape index (κ2) is 7.37. The number of benzene rings is 1. The summed E-state index contributed by atoms with van der Waals surface area (Å²) in [4.78, 5) is 22.5. The molecular formula is C14H20N2O4. The number of phenols is 1. The molecule has 0 aliphatic rings. The van der Waals surface area contributed by atoms with Crippen molar-refractivity contribution in [2.45, 2.75) is 26.7 Å². The van der Waals surface area contributed by atoms with E-state index in [1.54, 1.807) is 0 Å². The summed E-state index contributed by atoms with van der Waals surface area (Å²) in [6.45, 7) is 4.70. The molecule has 0 radical (unpaired) electrons. The molecule has 0 atom stereocenters. The Hall–Kier alpha value is -2.24. The lowest BCUT2D eigenvalue weighted by molar-refractivity contribution is 0.0693. The number of hydrogen-bond donors (Lipinski definition) is 4. The smallest absolute Gasteiger partial charge is 0.339 e. The maximum absolute atomic E-state index is 11.7. The topological polar surface area (TPSA) is 98.7 Å². The monoisotopic (exact) mass is 280 g/mol. The van der Waals surface area contributed by atoms with E-state index in [4.69, 9.17) is 5.11 Å². The average molecular weight is 280 g/mol. The van der Waals surface area contributed by atoms with E-state index in [2.05, 4.69) is 24.5 Å². The number of carboxylic acid groups (broad SMARTS) is 1. The van der Waals surface area contributed by atoms with Crippen LogP contribution >= 0.6 is 0 Å². The van der Waals surface area contributed by atoms with Crippen LogP contribution in [0.4, 0.5) is 10.5 Å². The first-order valence-corrected chi connectivity index (χ1v) is 6.59. The molecule has 0 unspecified atom stereocenters. The lowest BCUT2D eigenvalue weighted by Gasteiger charge is -2.14. The largest absolute Gasteiger partial charge is 0.507 e. The van der Waals surface area contributed by atoms with Gasteiger partial charge in [-0.3, -0.25) is 0 Å². The predicted octanol–water partition coefficient (Wildman–Crippen LogP) is 2.65. The molecule has 4 N–H and O–H groups in total. The van der Waals surface area contributed by atoms with E-state index in [0.717, 1.165) is 12.8 Å². The fourth-order valence-electron chi connectivity index (χ4n) is 1.77. The van der Waals surface area contributed by atoms with E-state index in [0.29, 0.717) is 18.2 Å². The summed E-state index contributed by atoms with van der Waals surface area (Å²) in [5, 5.41) is 23.5. The van der Waals surface area contributed by atoms with Crippen LogP contribution in [-0.2, 0) is 0 Å². The highest BCUT2D eigenvalue weighted by molar-refractivity contribution is 5.95. The molecule has 1 aromatic rings. The Morgan fingerprint density at radius 3 is 2.45 bits per heavy atom. The Labute approximate surface area is 117 Å². The Morgan fingerprint density at radius 2 is 1.90 bits per heavy atom. The molecular weight excluding hydrogens is 260 g/mol. The van der Waals surface area contributed by atoms with Gasteiger partial charge in [0, 0.05) is 12.2 Å². The van der Waals surface area contributed by atoms with Crippen LogP contribution in [0.1, 0.15) is 37.0 Å². The highest BCUT2D eigenvalue weighted by Crippen LogP contribution is 2.21. The lowest BCUT2D eigenvalue weighted by atomic mass is 10.0. The minimum absolute atomic E-state index is 0.247. The average Bonchev–Trinajstić information content (AvgIpc) is 2.41. The molecule has 20 heavy (non-hydrogen) atoms. The van der Waals surface area contributed by atoms with Crippen molar-refractivity contribution in [1.29, 1.82) is 0 Å². The first kappa shape index (κ1) is 15.8. The molecule has 6 heteroatoms. The molecule has 6 nitrogen and oxygen atoms in total. The van der Waals surface area contributed by atoms with Gasteiger partial charge in [-0.05, 0) is 24.1 Å². The zero-order valence-electron chi connectivity index (χ0n) is 11.6. The van der Waals surface area contributed by atoms with Crippen LogP contribution in [0.3, 0.4) is 0 Å². The number of amides is 2. The van der Waals surface area contributed by atoms with Crippen molar-refractivity contribution in [3.8, 4) is 5.75 Å². The number of carbonyl (C=O) groups excluding carboxylic acids is 1. The van der Waals surface area contributed by atoms with Crippen LogP contribution in [0.5, 0.6) is 5.75 Å². The second-order valence-corrected chi connectivity index (χ2v) is 4.55. The molecule has 0 aliphatic heterocycles. The van der Waals surface area contributed by atoms with Gasteiger partial charge < -0.3 is 20.8 Å². The van der Waals surface area contributed by atoms with Crippen molar-refractivity contribution >= 4 is 17.7 Å². The summed E-state index contributed by atoms with van der Waals surface area (Å²) in [5.74, 6) is -1.15. The fourth-order valence-corrected chi connectivity index (χ4v) is 1.77. The third-order valence-electron chi connectivity index (χ3n) is 3.19. The number of urea groups is 1. The molecule has 0 aromatic heterocycles. The van der Waals surface area contributed by atoms with Gasteiger partial charge in [0.25, 0.3) is 0 Å². The molecule has 0 saturated heterocycles. The van der Waals surface area contributed by atoms with Crippen molar-refractivity contribution in [2.24, 2.45) is 5.92 Å². The molecule has 2 amide bonds. The van der Waals surface area contributed by atoms with Gasteiger partial charge in [0.15, 0.2) is 0 Å². The normalized spacial score (nSPS) is 10.3. The van der Waals surface area contributed by atoms with Crippen LogP contribution < -0.4 is 10.6 Å². The predicted molar refractivity (Wildman–Crippen MR) is 76.2 cm³/mol. The quantitative estimate of drug-likeness (QED) is 0.602. The van der Waals surface area contributed by atoms with Crippen molar-refractivity contribution in [2.75, 3.05) is 11.9 Å². The maximum Gasteiger partial charge on any atom is 0.339 e. The fraction of sp³-hybridized carbons (Fsp3) is 0.429. The standard InChI is InChI=1S/C14H20N2O4/c1-3-9(4-2)8-15-14(20)16-10-5-6-12(17)11(7-10)13(18)19/h5-7,9,17H,3-4,8H2,1-2H3,(H,18,19)(H2,15,16,20). The van der Waals surface area contributed by atoms with Crippen molar-refractivity contribution in [3.63, 3.8) is 0 Å². The van der Waals surface area contributed by atoms with Crippen LogP contribution in [-0.4, -0.2) is 28.8 Å². The number of aromatic carboxylic acids is 1. The van der Waals surface area contributed by atoms with Gasteiger partial charge in [0.05, 0.1) is 0 Å². The van der Waals surface area contributed by atoms with Gasteiger partial charge in [-0.1, -0.05) is 26.7 Å². The first-order chi connectivity index (χ1) is 9.47. The van der Waals surface area contributed by atoms with E-state index in [1.165, 1.54) is 18.2 Å². The molecule has 0 fully saturated rings. The second-order valence-electron chi connectivity index (χ2n) is 4.55. The number of anilines is 1. The van der Waals surface area contributed by atoms with Gasteiger partial charge in [-0.25, -0.2) is 9.59 Å². The van der Waals surface area contributed by atoms with Gasteiger partial charge in [-0.2, -0.15) is 0 Å². The van der Waals surface area contributed by atoms with Gasteiger partial charge >= 0.3 is 12.0 Å². The molecule has 0 aliphatic carbocycles. The van der Waals surface area contributed by atoms with Gasteiger partial charge in [0.1, 0.15) is 11.3 Å². The first-order valence-electron chi connectivity index (χ1n) is 6.59. The van der Waals surface area contributed by atoms with Gasteiger partial charge in [0.2, 0.25) is 0 Å². The van der Waals surface area contributed by atoms with Crippen LogP contribution in [0, 0.1) is 5.92 Å². The third-order valence-corrected chi connectivity index (χ3v) is 3.19. The van der Waals surface area contributed by atoms with E-state index in [1.807, 2.05) is 0 Å². The van der Waals surface area contributed by atoms with Crippen molar-refractivity contribution in [1.82, 2.24) is 5.32 Å². The van der Waals surface area contributed by atoms with Crippen molar-refractivity contribution in [3.05, 3.63) is 23.8 Å². The summed E-state index contributed by atoms with van der Waals surface area (Å²) < 4.78 is 0. The number of aromatic hydroxyl groups is 1. The Kier molecular flexibility index (Phi) is 5.83. The summed E-state index contributed by atoms with van der Waals surface area (Å²) in [6, 6.07) is 3.51. The highest BCUT2D eigenvalue weighted by Gasteiger charge is 2.12. The summed E-state index contributed by atoms with van der Waals surface area (Å²) in [6.07, 6.45) is 1.97. The minimum atomic E-state index is -1.25.